The average Bonchev–Trinajstić information content (AvgIpc) is 3.26. The van der Waals surface area contributed by atoms with Crippen molar-refractivity contribution in [3.05, 3.63) is 79.2 Å². The second-order valence-corrected chi connectivity index (χ2v) is 10.5. The maximum atomic E-state index is 12.4. The molecule has 11 heteroatoms. The molecule has 2 aromatic carbocycles. The number of hydrazone groups is 1. The molecule has 0 radical (unpaired) electrons. The molecule has 8 nitrogen and oxygen atoms in total. The summed E-state index contributed by atoms with van der Waals surface area (Å²) in [6, 6.07) is 15.4. The van der Waals surface area contributed by atoms with Crippen molar-refractivity contribution in [1.82, 2.24) is 25.2 Å². The van der Waals surface area contributed by atoms with Gasteiger partial charge in [0.05, 0.1) is 15.5 Å². The first kappa shape index (κ1) is 24.6. The van der Waals surface area contributed by atoms with E-state index < -0.39 is 0 Å². The minimum atomic E-state index is -0.301. The number of phenolic OH excluding ortho intramolecular Hbond substituents is 1. The molecule has 0 fully saturated rings. The molecule has 4 rings (SSSR count). The lowest BCUT2D eigenvalue weighted by Gasteiger charge is -2.10. The zero-order chi connectivity index (χ0) is 24.1. The van der Waals surface area contributed by atoms with Crippen LogP contribution in [-0.4, -0.2) is 42.7 Å². The van der Waals surface area contributed by atoms with Gasteiger partial charge in [0, 0.05) is 32.8 Å². The topological polar surface area (TPSA) is 105 Å². The van der Waals surface area contributed by atoms with Crippen LogP contribution in [-0.2, 0) is 4.79 Å². The van der Waals surface area contributed by atoms with Gasteiger partial charge in [-0.3, -0.25) is 14.3 Å². The SMILES string of the molecule is Cc1ccc(-n2c(SCC(=O)N/N=C\c3cc(I)cc(I)c3O)nnc2-c2ccncc2)cc1. The first-order chi connectivity index (χ1) is 16.4. The molecule has 0 aliphatic heterocycles. The van der Waals surface area contributed by atoms with Gasteiger partial charge in [-0.05, 0) is 88.5 Å². The summed E-state index contributed by atoms with van der Waals surface area (Å²) in [6.07, 6.45) is 4.83. The number of thioether (sulfide) groups is 1. The molecule has 34 heavy (non-hydrogen) atoms. The number of nitrogens with one attached hydrogen (secondary N) is 1. The summed E-state index contributed by atoms with van der Waals surface area (Å²) >= 11 is 5.47. The Kier molecular flexibility index (Phi) is 8.15. The van der Waals surface area contributed by atoms with Crippen LogP contribution in [0.25, 0.3) is 17.1 Å². The van der Waals surface area contributed by atoms with E-state index in [-0.39, 0.29) is 17.4 Å². The number of hydrogen-bond acceptors (Lipinski definition) is 7. The van der Waals surface area contributed by atoms with E-state index in [9.17, 15) is 9.90 Å². The number of benzene rings is 2. The lowest BCUT2D eigenvalue weighted by molar-refractivity contribution is -0.118. The summed E-state index contributed by atoms with van der Waals surface area (Å²) in [5, 5.41) is 23.4. The van der Waals surface area contributed by atoms with Crippen LogP contribution in [0.15, 0.2) is 71.2 Å². The zero-order valence-electron chi connectivity index (χ0n) is 17.8. The number of rotatable bonds is 7. The number of hydrogen-bond donors (Lipinski definition) is 2. The van der Waals surface area contributed by atoms with Crippen LogP contribution < -0.4 is 5.43 Å². The van der Waals surface area contributed by atoms with E-state index in [0.29, 0.717) is 20.1 Å². The van der Waals surface area contributed by atoms with Crippen molar-refractivity contribution in [2.24, 2.45) is 5.10 Å². The van der Waals surface area contributed by atoms with Gasteiger partial charge in [0.2, 0.25) is 0 Å². The average molecular weight is 696 g/mol. The van der Waals surface area contributed by atoms with Crippen molar-refractivity contribution in [1.29, 1.82) is 0 Å². The standard InChI is InChI=1S/C23H18I2N6O2S/c1-14-2-4-18(5-3-14)31-22(15-6-8-26-9-7-15)29-30-23(31)34-13-20(32)28-27-12-16-10-17(24)11-19(25)21(16)33/h2-12,33H,13H2,1H3,(H,28,32)/b27-12-. The third kappa shape index (κ3) is 5.93. The minimum absolute atomic E-state index is 0.0908. The molecule has 0 saturated heterocycles. The highest BCUT2D eigenvalue weighted by atomic mass is 127. The van der Waals surface area contributed by atoms with E-state index in [1.165, 1.54) is 18.0 Å². The molecule has 2 aromatic heterocycles. The smallest absolute Gasteiger partial charge is 0.250 e. The van der Waals surface area contributed by atoms with Crippen LogP contribution in [0, 0.1) is 14.1 Å². The van der Waals surface area contributed by atoms with Crippen molar-refractivity contribution >= 4 is 69.1 Å². The summed E-state index contributed by atoms with van der Waals surface area (Å²) in [4.78, 5) is 16.5. The van der Waals surface area contributed by atoms with Gasteiger partial charge >= 0.3 is 0 Å². The first-order valence-corrected chi connectivity index (χ1v) is 13.1. The van der Waals surface area contributed by atoms with Crippen LogP contribution in [0.5, 0.6) is 5.75 Å². The fourth-order valence-electron chi connectivity index (χ4n) is 3.00. The fraction of sp³-hybridized carbons (Fsp3) is 0.0870. The van der Waals surface area contributed by atoms with Gasteiger partial charge in [-0.2, -0.15) is 5.10 Å². The van der Waals surface area contributed by atoms with Gasteiger partial charge in [0.15, 0.2) is 11.0 Å². The highest BCUT2D eigenvalue weighted by Crippen LogP contribution is 2.28. The highest BCUT2D eigenvalue weighted by Gasteiger charge is 2.17. The molecule has 172 valence electrons. The molecule has 0 spiro atoms. The van der Waals surface area contributed by atoms with Crippen molar-refractivity contribution in [3.8, 4) is 22.8 Å². The lowest BCUT2D eigenvalue weighted by Crippen LogP contribution is -2.20. The predicted octanol–water partition coefficient (Wildman–Crippen LogP) is 4.79. The number of phenols is 1. The van der Waals surface area contributed by atoms with E-state index >= 15 is 0 Å². The van der Waals surface area contributed by atoms with Crippen molar-refractivity contribution in [2.45, 2.75) is 12.1 Å². The van der Waals surface area contributed by atoms with Crippen molar-refractivity contribution in [2.75, 3.05) is 5.75 Å². The maximum Gasteiger partial charge on any atom is 0.250 e. The third-order valence-electron chi connectivity index (χ3n) is 4.65. The summed E-state index contributed by atoms with van der Waals surface area (Å²) < 4.78 is 3.60. The zero-order valence-corrected chi connectivity index (χ0v) is 22.9. The Morgan fingerprint density at radius 1 is 1.15 bits per heavy atom. The molecule has 0 atom stereocenters. The third-order valence-corrected chi connectivity index (χ3v) is 7.02. The molecular formula is C23H18I2N6O2S. The van der Waals surface area contributed by atoms with Crippen LogP contribution in [0.1, 0.15) is 11.1 Å². The van der Waals surface area contributed by atoms with Gasteiger partial charge in [-0.15, -0.1) is 10.2 Å². The molecule has 4 aromatic rings. The first-order valence-electron chi connectivity index (χ1n) is 9.98. The van der Waals surface area contributed by atoms with Gasteiger partial charge < -0.3 is 5.11 Å². The Balaban J connectivity index is 1.50. The van der Waals surface area contributed by atoms with E-state index in [4.69, 9.17) is 0 Å². The van der Waals surface area contributed by atoms with E-state index in [2.05, 4.69) is 70.9 Å². The number of pyridine rings is 1. The Bertz CT molecular complexity index is 1340. The highest BCUT2D eigenvalue weighted by molar-refractivity contribution is 14.1. The number of aromatic hydroxyl groups is 1. The number of aryl methyl sites for hydroxylation is 1. The lowest BCUT2D eigenvalue weighted by atomic mass is 10.2. The Labute approximate surface area is 227 Å². The number of halogens is 2. The van der Waals surface area contributed by atoms with Gasteiger partial charge in [-0.1, -0.05) is 29.5 Å². The van der Waals surface area contributed by atoms with Gasteiger partial charge in [0.1, 0.15) is 5.75 Å². The number of amides is 1. The maximum absolute atomic E-state index is 12.4. The van der Waals surface area contributed by atoms with Crippen LogP contribution in [0.3, 0.4) is 0 Å². The monoisotopic (exact) mass is 696 g/mol. The van der Waals surface area contributed by atoms with E-state index in [1.54, 1.807) is 18.5 Å². The number of carbonyl (C=O) groups is 1. The Hall–Kier alpha value is -2.52. The number of nitrogens with zero attached hydrogens (tertiary/aromatic N) is 5. The predicted molar refractivity (Wildman–Crippen MR) is 149 cm³/mol. The molecule has 2 N–H and O–H groups in total. The van der Waals surface area contributed by atoms with E-state index in [1.807, 2.05) is 54.0 Å². The Morgan fingerprint density at radius 3 is 2.62 bits per heavy atom. The van der Waals surface area contributed by atoms with Gasteiger partial charge in [0.25, 0.3) is 5.91 Å². The van der Waals surface area contributed by atoms with Crippen molar-refractivity contribution < 1.29 is 9.90 Å². The molecule has 0 aliphatic rings. The summed E-state index contributed by atoms with van der Waals surface area (Å²) in [7, 11) is 0. The largest absolute Gasteiger partial charge is 0.506 e. The van der Waals surface area contributed by atoms with Crippen LogP contribution in [0.2, 0.25) is 0 Å². The van der Waals surface area contributed by atoms with Crippen LogP contribution in [0.4, 0.5) is 0 Å². The number of carbonyl (C=O) groups excluding carboxylic acids is 1. The molecular weight excluding hydrogens is 678 g/mol. The van der Waals surface area contributed by atoms with Crippen LogP contribution >= 0.6 is 56.9 Å². The minimum Gasteiger partial charge on any atom is -0.506 e. The summed E-state index contributed by atoms with van der Waals surface area (Å²) in [6.45, 7) is 2.03. The summed E-state index contributed by atoms with van der Waals surface area (Å²) in [5.74, 6) is 0.581. The molecule has 0 saturated carbocycles. The normalized spacial score (nSPS) is 11.1. The molecule has 2 heterocycles. The molecule has 0 bridgehead atoms. The molecule has 0 aliphatic carbocycles. The summed E-state index contributed by atoms with van der Waals surface area (Å²) in [5.41, 5.74) is 5.94. The molecule has 0 unspecified atom stereocenters. The fourth-order valence-corrected chi connectivity index (χ4v) is 5.63. The van der Waals surface area contributed by atoms with E-state index in [0.717, 1.165) is 20.4 Å². The Morgan fingerprint density at radius 2 is 1.88 bits per heavy atom. The molecule has 1 amide bonds. The van der Waals surface area contributed by atoms with Gasteiger partial charge in [-0.25, -0.2) is 5.43 Å². The number of aromatic nitrogens is 4. The second kappa shape index (κ2) is 11.3. The second-order valence-electron chi connectivity index (χ2n) is 7.12. The van der Waals surface area contributed by atoms with Crippen molar-refractivity contribution in [3.63, 3.8) is 0 Å². The quantitative estimate of drug-likeness (QED) is 0.125.